The summed E-state index contributed by atoms with van der Waals surface area (Å²) < 4.78 is 0. The topological polar surface area (TPSA) is 69.5 Å². The minimum Gasteiger partial charge on any atom is -0.301 e. The summed E-state index contributed by atoms with van der Waals surface area (Å²) >= 11 is 1.36. The number of hydrogen-bond donors (Lipinski definition) is 1. The summed E-state index contributed by atoms with van der Waals surface area (Å²) in [5, 5.41) is 9.23. The zero-order valence-electron chi connectivity index (χ0n) is 9.10. The fraction of sp³-hybridized carbons (Fsp3) is 0.0833. The van der Waals surface area contributed by atoms with Crippen molar-refractivity contribution in [2.45, 2.75) is 17.0 Å². The molecule has 0 aliphatic heterocycles. The van der Waals surface area contributed by atoms with Gasteiger partial charge in [0.05, 0.1) is 11.6 Å². The van der Waals surface area contributed by atoms with Crippen molar-refractivity contribution in [3.8, 4) is 6.07 Å². The first kappa shape index (κ1) is 11.4. The Morgan fingerprint density at radius 3 is 2.65 bits per heavy atom. The Kier molecular flexibility index (Phi) is 3.26. The molecule has 84 valence electrons. The Balaban J connectivity index is 2.25. The molecule has 0 atom stereocenters. The molecule has 0 aliphatic rings. The van der Waals surface area contributed by atoms with Crippen LogP contribution in [0.4, 0.5) is 0 Å². The maximum absolute atomic E-state index is 11.2. The molecule has 0 fully saturated rings. The van der Waals surface area contributed by atoms with Gasteiger partial charge in [-0.3, -0.25) is 4.79 Å². The second-order valence-electron chi connectivity index (χ2n) is 3.43. The van der Waals surface area contributed by atoms with Crippen LogP contribution in [-0.4, -0.2) is 9.97 Å². The van der Waals surface area contributed by atoms with Crippen LogP contribution < -0.4 is 5.56 Å². The average Bonchev–Trinajstić information content (AvgIpc) is 2.28. The largest absolute Gasteiger partial charge is 0.301 e. The van der Waals surface area contributed by atoms with Gasteiger partial charge in [0, 0.05) is 16.7 Å². The second-order valence-corrected chi connectivity index (χ2v) is 4.49. The number of nitrogens with zero attached hydrogens (tertiary/aromatic N) is 2. The van der Waals surface area contributed by atoms with Crippen LogP contribution in [0.3, 0.4) is 0 Å². The lowest BCUT2D eigenvalue weighted by atomic mass is 10.2. The summed E-state index contributed by atoms with van der Waals surface area (Å²) in [7, 11) is 0. The minimum atomic E-state index is -0.159. The van der Waals surface area contributed by atoms with Gasteiger partial charge in [-0.1, -0.05) is 11.8 Å². The Labute approximate surface area is 102 Å². The van der Waals surface area contributed by atoms with Crippen LogP contribution in [0.2, 0.25) is 0 Å². The number of rotatable bonds is 2. The summed E-state index contributed by atoms with van der Waals surface area (Å²) in [4.78, 5) is 19.0. The number of aryl methyl sites for hydroxylation is 1. The lowest BCUT2D eigenvalue weighted by molar-refractivity contribution is 0.905. The van der Waals surface area contributed by atoms with Gasteiger partial charge in [0.15, 0.2) is 5.16 Å². The molecule has 0 saturated heterocycles. The molecule has 0 aliphatic carbocycles. The van der Waals surface area contributed by atoms with Crippen LogP contribution in [0.25, 0.3) is 0 Å². The van der Waals surface area contributed by atoms with Crippen molar-refractivity contribution in [1.29, 1.82) is 5.26 Å². The molecular formula is C12H9N3OS. The molecule has 0 saturated carbocycles. The molecule has 1 aromatic heterocycles. The number of H-pyrrole nitrogens is 1. The molecule has 5 heteroatoms. The molecule has 4 nitrogen and oxygen atoms in total. The van der Waals surface area contributed by atoms with Crippen molar-refractivity contribution in [2.24, 2.45) is 0 Å². The molecule has 0 radical (unpaired) electrons. The number of nitrogens with one attached hydrogen (secondary N) is 1. The van der Waals surface area contributed by atoms with Gasteiger partial charge in [0.2, 0.25) is 0 Å². The van der Waals surface area contributed by atoms with Crippen LogP contribution in [0.15, 0.2) is 45.2 Å². The summed E-state index contributed by atoms with van der Waals surface area (Å²) in [6.07, 6.45) is 0. The smallest absolute Gasteiger partial charge is 0.251 e. The van der Waals surface area contributed by atoms with Crippen LogP contribution in [0.1, 0.15) is 11.3 Å². The third-order valence-corrected chi connectivity index (χ3v) is 2.94. The average molecular weight is 243 g/mol. The SMILES string of the molecule is Cc1cc(=O)[nH]c(Sc2ccc(C#N)cc2)n1. The van der Waals surface area contributed by atoms with Gasteiger partial charge < -0.3 is 4.98 Å². The Bertz CT molecular complexity index is 625. The van der Waals surface area contributed by atoms with E-state index in [2.05, 4.69) is 16.0 Å². The minimum absolute atomic E-state index is 0.159. The molecule has 0 spiro atoms. The summed E-state index contributed by atoms with van der Waals surface area (Å²) in [5.41, 5.74) is 1.14. The van der Waals surface area contributed by atoms with E-state index in [4.69, 9.17) is 5.26 Å². The summed E-state index contributed by atoms with van der Waals surface area (Å²) in [5.74, 6) is 0. The summed E-state index contributed by atoms with van der Waals surface area (Å²) in [6.45, 7) is 1.78. The van der Waals surface area contributed by atoms with Crippen LogP contribution in [-0.2, 0) is 0 Å². The van der Waals surface area contributed by atoms with Crippen molar-refractivity contribution in [3.05, 3.63) is 51.9 Å². The van der Waals surface area contributed by atoms with Crippen LogP contribution in [0, 0.1) is 18.3 Å². The van der Waals surface area contributed by atoms with Crippen molar-refractivity contribution in [2.75, 3.05) is 0 Å². The van der Waals surface area contributed by atoms with Crippen molar-refractivity contribution >= 4 is 11.8 Å². The normalized spacial score (nSPS) is 9.88. The molecule has 1 N–H and O–H groups in total. The highest BCUT2D eigenvalue weighted by atomic mass is 32.2. The fourth-order valence-electron chi connectivity index (χ4n) is 1.31. The monoisotopic (exact) mass is 243 g/mol. The molecule has 2 rings (SSSR count). The van der Waals surface area contributed by atoms with Gasteiger partial charge >= 0.3 is 0 Å². The van der Waals surface area contributed by atoms with Gasteiger partial charge in [0.1, 0.15) is 0 Å². The lowest BCUT2D eigenvalue weighted by Crippen LogP contribution is -2.07. The Morgan fingerprint density at radius 1 is 1.35 bits per heavy atom. The van der Waals surface area contributed by atoms with E-state index in [1.807, 2.05) is 12.1 Å². The fourth-order valence-corrected chi connectivity index (χ4v) is 2.15. The highest BCUT2D eigenvalue weighted by Crippen LogP contribution is 2.23. The van der Waals surface area contributed by atoms with Gasteiger partial charge in [-0.05, 0) is 31.2 Å². The highest BCUT2D eigenvalue weighted by molar-refractivity contribution is 7.99. The maximum atomic E-state index is 11.2. The molecule has 1 aromatic carbocycles. The third kappa shape index (κ3) is 2.95. The predicted molar refractivity (Wildman–Crippen MR) is 64.9 cm³/mol. The van der Waals surface area contributed by atoms with Crippen molar-refractivity contribution in [1.82, 2.24) is 9.97 Å². The number of aromatic amines is 1. The standard InChI is InChI=1S/C12H9N3OS/c1-8-6-11(16)15-12(14-8)17-10-4-2-9(7-13)3-5-10/h2-6H,1H3,(H,14,15,16). The van der Waals surface area contributed by atoms with E-state index in [1.165, 1.54) is 17.8 Å². The van der Waals surface area contributed by atoms with E-state index < -0.39 is 0 Å². The molecular weight excluding hydrogens is 234 g/mol. The molecule has 2 aromatic rings. The van der Waals surface area contributed by atoms with Crippen molar-refractivity contribution < 1.29 is 0 Å². The van der Waals surface area contributed by atoms with Gasteiger partial charge in [-0.15, -0.1) is 0 Å². The maximum Gasteiger partial charge on any atom is 0.251 e. The highest BCUT2D eigenvalue weighted by Gasteiger charge is 2.01. The van der Waals surface area contributed by atoms with Crippen molar-refractivity contribution in [3.63, 3.8) is 0 Å². The van der Waals surface area contributed by atoms with E-state index in [1.54, 1.807) is 19.1 Å². The third-order valence-electron chi connectivity index (χ3n) is 2.05. The Hall–Kier alpha value is -2.06. The molecule has 0 bridgehead atoms. The first-order valence-corrected chi connectivity index (χ1v) is 5.75. The zero-order chi connectivity index (χ0) is 12.3. The van der Waals surface area contributed by atoms with Crippen LogP contribution >= 0.6 is 11.8 Å². The first-order valence-electron chi connectivity index (χ1n) is 4.93. The number of benzene rings is 1. The Morgan fingerprint density at radius 2 is 2.06 bits per heavy atom. The number of hydrogen-bond acceptors (Lipinski definition) is 4. The van der Waals surface area contributed by atoms with E-state index in [0.29, 0.717) is 16.4 Å². The predicted octanol–water partition coefficient (Wildman–Crippen LogP) is 2.10. The zero-order valence-corrected chi connectivity index (χ0v) is 9.91. The quantitative estimate of drug-likeness (QED) is 0.820. The second kappa shape index (κ2) is 4.85. The molecule has 17 heavy (non-hydrogen) atoms. The van der Waals surface area contributed by atoms with Crippen LogP contribution in [0.5, 0.6) is 0 Å². The number of nitriles is 1. The first-order chi connectivity index (χ1) is 8.17. The van der Waals surface area contributed by atoms with Gasteiger partial charge in [0.25, 0.3) is 5.56 Å². The molecule has 0 amide bonds. The number of aromatic nitrogens is 2. The van der Waals surface area contributed by atoms with Gasteiger partial charge in [-0.25, -0.2) is 4.98 Å². The lowest BCUT2D eigenvalue weighted by Gasteiger charge is -2.01. The van der Waals surface area contributed by atoms with E-state index in [0.717, 1.165) is 4.90 Å². The molecule has 0 unspecified atom stereocenters. The van der Waals surface area contributed by atoms with Gasteiger partial charge in [-0.2, -0.15) is 5.26 Å². The van der Waals surface area contributed by atoms with E-state index in [9.17, 15) is 4.79 Å². The molecule has 1 heterocycles. The summed E-state index contributed by atoms with van der Waals surface area (Å²) in [6, 6.07) is 10.6. The van der Waals surface area contributed by atoms with E-state index in [-0.39, 0.29) is 5.56 Å². The van der Waals surface area contributed by atoms with E-state index >= 15 is 0 Å².